The Morgan fingerprint density at radius 1 is 0.919 bits per heavy atom. The molecule has 1 aliphatic rings. The second-order valence-corrected chi connectivity index (χ2v) is 13.1. The Balaban J connectivity index is 1.32. The van der Waals surface area contributed by atoms with Crippen molar-refractivity contribution in [3.8, 4) is 0 Å². The lowest BCUT2D eigenvalue weighted by atomic mass is 10.2. The number of esters is 1. The van der Waals surface area contributed by atoms with E-state index in [4.69, 9.17) is 4.74 Å². The minimum absolute atomic E-state index is 0.134. The molecule has 4 rings (SSSR count). The normalized spacial score (nSPS) is 15.2. The van der Waals surface area contributed by atoms with Gasteiger partial charge in [-0.25, -0.2) is 21.6 Å². The predicted octanol–water partition coefficient (Wildman–Crippen LogP) is 3.52. The van der Waals surface area contributed by atoms with E-state index >= 15 is 0 Å². The molecule has 0 bridgehead atoms. The average Bonchev–Trinajstić information content (AvgIpc) is 3.60. The maximum absolute atomic E-state index is 12.6. The van der Waals surface area contributed by atoms with Crippen molar-refractivity contribution >= 4 is 54.6 Å². The number of ether oxygens (including phenoxy) is 1. The first-order valence-corrected chi connectivity index (χ1v) is 15.1. The molecule has 3 aromatic rings. The molecule has 2 aromatic carbocycles. The number of thiophene rings is 1. The van der Waals surface area contributed by atoms with E-state index in [0.717, 1.165) is 24.2 Å². The van der Waals surface area contributed by atoms with Crippen LogP contribution in [-0.2, 0) is 29.6 Å². The number of amides is 1. The molecule has 1 fully saturated rings. The van der Waals surface area contributed by atoms with Gasteiger partial charge in [-0.2, -0.15) is 4.31 Å². The summed E-state index contributed by atoms with van der Waals surface area (Å²) in [4.78, 5) is 25.1. The number of nitrogens with one attached hydrogen (secondary N) is 2. The van der Waals surface area contributed by atoms with Crippen LogP contribution in [0, 0.1) is 0 Å². The Morgan fingerprint density at radius 3 is 2.14 bits per heavy atom. The first kappa shape index (κ1) is 26.8. The predicted molar refractivity (Wildman–Crippen MR) is 140 cm³/mol. The van der Waals surface area contributed by atoms with E-state index in [1.54, 1.807) is 11.4 Å². The van der Waals surface area contributed by atoms with Crippen LogP contribution in [-0.4, -0.2) is 52.2 Å². The fourth-order valence-electron chi connectivity index (χ4n) is 3.61. The van der Waals surface area contributed by atoms with Crippen molar-refractivity contribution < 1.29 is 31.2 Å². The maximum atomic E-state index is 12.6. The zero-order valence-corrected chi connectivity index (χ0v) is 22.2. The average molecular weight is 564 g/mol. The van der Waals surface area contributed by atoms with Gasteiger partial charge in [0.2, 0.25) is 10.0 Å². The molecule has 1 saturated heterocycles. The number of anilines is 2. The smallest absolute Gasteiger partial charge is 0.338 e. The van der Waals surface area contributed by atoms with E-state index < -0.39 is 38.0 Å². The van der Waals surface area contributed by atoms with Gasteiger partial charge in [-0.3, -0.25) is 9.52 Å². The zero-order valence-electron chi connectivity index (χ0n) is 19.8. The number of sulfonamides is 2. The third kappa shape index (κ3) is 6.36. The van der Waals surface area contributed by atoms with Crippen molar-refractivity contribution in [1.82, 2.24) is 4.31 Å². The molecule has 37 heavy (non-hydrogen) atoms. The Bertz CT molecular complexity index is 1460. The highest BCUT2D eigenvalue weighted by atomic mass is 32.2. The zero-order chi connectivity index (χ0) is 26.6. The minimum Gasteiger partial charge on any atom is -0.449 e. The Morgan fingerprint density at radius 2 is 1.54 bits per heavy atom. The van der Waals surface area contributed by atoms with Gasteiger partial charge in [0, 0.05) is 24.5 Å². The van der Waals surface area contributed by atoms with Crippen molar-refractivity contribution in [2.45, 2.75) is 35.0 Å². The van der Waals surface area contributed by atoms with Crippen molar-refractivity contribution in [3.05, 3.63) is 71.6 Å². The van der Waals surface area contributed by atoms with Crippen molar-refractivity contribution in [1.29, 1.82) is 0 Å². The molecule has 1 aliphatic heterocycles. The van der Waals surface area contributed by atoms with Crippen molar-refractivity contribution in [3.63, 3.8) is 0 Å². The van der Waals surface area contributed by atoms with Gasteiger partial charge in [0.25, 0.3) is 15.9 Å². The summed E-state index contributed by atoms with van der Waals surface area (Å²) in [5, 5.41) is 4.25. The standard InChI is InChI=1S/C24H25N3O7S3/c1-17(23(28)25-19-10-12-21(13-11-19)37(32,33)27-14-2-3-15-27)34-24(29)18-6-8-20(9-7-18)26-36(30,31)22-5-4-16-35-22/h4-13,16-17,26H,2-3,14-15H2,1H3,(H,25,28)/t17-/m0/s1. The number of nitrogens with zero attached hydrogens (tertiary/aromatic N) is 1. The van der Waals surface area contributed by atoms with Gasteiger partial charge in [-0.15, -0.1) is 11.3 Å². The van der Waals surface area contributed by atoms with Crippen LogP contribution in [0.3, 0.4) is 0 Å². The number of hydrogen-bond acceptors (Lipinski definition) is 8. The van der Waals surface area contributed by atoms with E-state index in [2.05, 4.69) is 10.0 Å². The van der Waals surface area contributed by atoms with Gasteiger partial charge in [0.05, 0.1) is 10.5 Å². The van der Waals surface area contributed by atoms with Crippen LogP contribution in [0.4, 0.5) is 11.4 Å². The third-order valence-corrected chi connectivity index (χ3v) is 10.3. The quantitative estimate of drug-likeness (QED) is 0.380. The highest BCUT2D eigenvalue weighted by molar-refractivity contribution is 7.94. The summed E-state index contributed by atoms with van der Waals surface area (Å²) in [6, 6.07) is 14.5. The number of benzene rings is 2. The number of carbonyl (C=O) groups excluding carboxylic acids is 2. The SMILES string of the molecule is C[C@H](OC(=O)c1ccc(NS(=O)(=O)c2cccs2)cc1)C(=O)Nc1ccc(S(=O)(=O)N2CCCC2)cc1. The largest absolute Gasteiger partial charge is 0.449 e. The van der Waals surface area contributed by atoms with Crippen LogP contribution >= 0.6 is 11.3 Å². The van der Waals surface area contributed by atoms with Gasteiger partial charge >= 0.3 is 5.97 Å². The number of hydrogen-bond donors (Lipinski definition) is 2. The summed E-state index contributed by atoms with van der Waals surface area (Å²) in [6.45, 7) is 2.40. The van der Waals surface area contributed by atoms with Crippen LogP contribution in [0.5, 0.6) is 0 Å². The molecule has 2 N–H and O–H groups in total. The second-order valence-electron chi connectivity index (χ2n) is 8.29. The fraction of sp³-hybridized carbons (Fsp3) is 0.250. The van der Waals surface area contributed by atoms with E-state index in [9.17, 15) is 26.4 Å². The molecule has 1 aromatic heterocycles. The molecule has 13 heteroatoms. The summed E-state index contributed by atoms with van der Waals surface area (Å²) >= 11 is 1.08. The highest BCUT2D eigenvalue weighted by Gasteiger charge is 2.27. The maximum Gasteiger partial charge on any atom is 0.338 e. The molecule has 2 heterocycles. The van der Waals surface area contributed by atoms with Crippen LogP contribution in [0.2, 0.25) is 0 Å². The molecule has 0 saturated carbocycles. The van der Waals surface area contributed by atoms with Gasteiger partial charge in [0.1, 0.15) is 4.21 Å². The number of carbonyl (C=O) groups is 2. The summed E-state index contributed by atoms with van der Waals surface area (Å²) in [5.74, 6) is -1.36. The lowest BCUT2D eigenvalue weighted by molar-refractivity contribution is -0.123. The van der Waals surface area contributed by atoms with E-state index in [0.29, 0.717) is 18.8 Å². The molecular weight excluding hydrogens is 538 g/mol. The Labute approximate surface area is 219 Å². The monoisotopic (exact) mass is 563 g/mol. The first-order valence-electron chi connectivity index (χ1n) is 11.3. The van der Waals surface area contributed by atoms with Gasteiger partial charge in [-0.1, -0.05) is 6.07 Å². The molecule has 0 aliphatic carbocycles. The van der Waals surface area contributed by atoms with E-state index in [1.807, 2.05) is 0 Å². The Kier molecular flexibility index (Phi) is 7.97. The van der Waals surface area contributed by atoms with E-state index in [1.165, 1.54) is 65.8 Å². The summed E-state index contributed by atoms with van der Waals surface area (Å²) < 4.78 is 59.1. The molecule has 0 spiro atoms. The van der Waals surface area contributed by atoms with Crippen LogP contribution in [0.15, 0.2) is 75.1 Å². The molecule has 0 unspecified atom stereocenters. The summed E-state index contributed by atoms with van der Waals surface area (Å²) in [5.41, 5.74) is 0.761. The van der Waals surface area contributed by atoms with Crippen LogP contribution in [0.1, 0.15) is 30.1 Å². The van der Waals surface area contributed by atoms with Gasteiger partial charge in [-0.05, 0) is 79.7 Å². The minimum atomic E-state index is -3.71. The van der Waals surface area contributed by atoms with E-state index in [-0.39, 0.29) is 20.4 Å². The molecule has 0 radical (unpaired) electrons. The molecule has 10 nitrogen and oxygen atoms in total. The fourth-order valence-corrected chi connectivity index (χ4v) is 7.18. The Hall–Kier alpha value is -3.26. The lowest BCUT2D eigenvalue weighted by Gasteiger charge is -2.16. The highest BCUT2D eigenvalue weighted by Crippen LogP contribution is 2.23. The topological polar surface area (TPSA) is 139 Å². The summed E-state index contributed by atoms with van der Waals surface area (Å²) in [6.07, 6.45) is 0.530. The first-order chi connectivity index (χ1) is 17.6. The molecule has 196 valence electrons. The van der Waals surface area contributed by atoms with Gasteiger partial charge in [0.15, 0.2) is 6.10 Å². The lowest BCUT2D eigenvalue weighted by Crippen LogP contribution is -2.30. The van der Waals surface area contributed by atoms with Crippen LogP contribution < -0.4 is 10.0 Å². The van der Waals surface area contributed by atoms with Gasteiger partial charge < -0.3 is 10.1 Å². The molecular formula is C24H25N3O7S3. The third-order valence-electron chi connectivity index (χ3n) is 5.61. The van der Waals surface area contributed by atoms with Crippen LogP contribution in [0.25, 0.3) is 0 Å². The molecule has 1 atom stereocenters. The van der Waals surface area contributed by atoms with Crippen molar-refractivity contribution in [2.24, 2.45) is 0 Å². The molecule has 1 amide bonds. The van der Waals surface area contributed by atoms with Crippen molar-refractivity contribution in [2.75, 3.05) is 23.1 Å². The summed E-state index contributed by atoms with van der Waals surface area (Å²) in [7, 11) is -7.27. The second kappa shape index (κ2) is 11.0. The number of rotatable bonds is 9.